The van der Waals surface area contributed by atoms with E-state index in [-0.39, 0.29) is 12.4 Å². The monoisotopic (exact) mass is 453 g/mol. The molecular formula is C24H17Cl2NO4. The molecule has 0 atom stereocenters. The van der Waals surface area contributed by atoms with Crippen LogP contribution in [0.15, 0.2) is 66.7 Å². The lowest BCUT2D eigenvalue weighted by Gasteiger charge is -2.11. The Labute approximate surface area is 190 Å². The number of carbonyl (C=O) groups is 1. The third-order valence-corrected chi connectivity index (χ3v) is 4.67. The molecule has 0 amide bonds. The van der Waals surface area contributed by atoms with E-state index >= 15 is 0 Å². The van der Waals surface area contributed by atoms with Gasteiger partial charge in [-0.05, 0) is 65.7 Å². The molecule has 3 aromatic carbocycles. The third-order valence-electron chi connectivity index (χ3n) is 4.17. The zero-order chi connectivity index (χ0) is 22.2. The van der Waals surface area contributed by atoms with Gasteiger partial charge in [0, 0.05) is 10.0 Å². The van der Waals surface area contributed by atoms with Gasteiger partial charge in [0.15, 0.2) is 18.1 Å². The summed E-state index contributed by atoms with van der Waals surface area (Å²) in [5, 5.41) is 10.7. The van der Waals surface area contributed by atoms with Crippen LogP contribution in [0.4, 0.5) is 0 Å². The maximum Gasteiger partial charge on any atom is 0.349 e. The van der Waals surface area contributed by atoms with E-state index in [4.69, 9.17) is 37.4 Å². The Hall–Kier alpha value is -3.46. The Kier molecular flexibility index (Phi) is 7.55. The van der Waals surface area contributed by atoms with Crippen molar-refractivity contribution in [3.63, 3.8) is 0 Å². The molecule has 156 valence electrons. The Morgan fingerprint density at radius 3 is 2.23 bits per heavy atom. The smallest absolute Gasteiger partial charge is 0.349 e. The van der Waals surface area contributed by atoms with Gasteiger partial charge in [-0.2, -0.15) is 5.26 Å². The Bertz CT molecular complexity index is 1130. The van der Waals surface area contributed by atoms with Crippen molar-refractivity contribution in [2.75, 3.05) is 13.7 Å². The minimum Gasteiger partial charge on any atom is -0.493 e. The van der Waals surface area contributed by atoms with Crippen molar-refractivity contribution in [2.24, 2.45) is 0 Å². The van der Waals surface area contributed by atoms with Crippen LogP contribution in [0.2, 0.25) is 10.0 Å². The van der Waals surface area contributed by atoms with Gasteiger partial charge in [0.25, 0.3) is 0 Å². The summed E-state index contributed by atoms with van der Waals surface area (Å²) in [5.41, 5.74) is 1.90. The summed E-state index contributed by atoms with van der Waals surface area (Å²) in [6.07, 6.45) is 1.71. The van der Waals surface area contributed by atoms with Gasteiger partial charge in [-0.25, -0.2) is 4.79 Å². The van der Waals surface area contributed by atoms with Gasteiger partial charge in [0.05, 0.1) is 18.8 Å². The molecule has 0 aliphatic rings. The van der Waals surface area contributed by atoms with Crippen LogP contribution in [-0.4, -0.2) is 19.7 Å². The van der Waals surface area contributed by atoms with E-state index in [0.717, 1.165) is 5.56 Å². The second kappa shape index (κ2) is 10.5. The van der Waals surface area contributed by atoms with Crippen LogP contribution in [0, 0.1) is 11.3 Å². The molecule has 5 nitrogen and oxygen atoms in total. The second-order valence-electron chi connectivity index (χ2n) is 6.30. The van der Waals surface area contributed by atoms with Crippen LogP contribution >= 0.6 is 23.2 Å². The first-order valence-corrected chi connectivity index (χ1v) is 9.89. The number of benzene rings is 3. The SMILES string of the molecule is COc1cc(C=C(C#N)c2ccc(Cl)cc2)ccc1OC(=O)COc1ccc(Cl)cc1. The Morgan fingerprint density at radius 1 is 0.968 bits per heavy atom. The average Bonchev–Trinajstić information content (AvgIpc) is 2.78. The molecule has 3 aromatic rings. The van der Waals surface area contributed by atoms with Crippen molar-refractivity contribution in [1.82, 2.24) is 0 Å². The third kappa shape index (κ3) is 6.26. The number of rotatable bonds is 7. The quantitative estimate of drug-likeness (QED) is 0.188. The number of ether oxygens (including phenoxy) is 3. The average molecular weight is 454 g/mol. The molecule has 0 N–H and O–H groups in total. The van der Waals surface area contributed by atoms with Crippen LogP contribution in [0.3, 0.4) is 0 Å². The first kappa shape index (κ1) is 22.2. The van der Waals surface area contributed by atoms with Crippen LogP contribution in [0.1, 0.15) is 11.1 Å². The number of allylic oxidation sites excluding steroid dienone is 1. The van der Waals surface area contributed by atoms with Crippen molar-refractivity contribution in [2.45, 2.75) is 0 Å². The molecule has 0 fully saturated rings. The fourth-order valence-electron chi connectivity index (χ4n) is 2.66. The fourth-order valence-corrected chi connectivity index (χ4v) is 2.91. The van der Waals surface area contributed by atoms with E-state index in [1.54, 1.807) is 72.8 Å². The predicted octanol–water partition coefficient (Wildman–Crippen LogP) is 6.05. The largest absolute Gasteiger partial charge is 0.493 e. The van der Waals surface area contributed by atoms with Crippen LogP contribution in [0.25, 0.3) is 11.6 Å². The normalized spacial score (nSPS) is 10.8. The molecule has 0 aromatic heterocycles. The summed E-state index contributed by atoms with van der Waals surface area (Å²) in [7, 11) is 1.47. The minimum absolute atomic E-state index is 0.245. The van der Waals surface area contributed by atoms with Gasteiger partial charge in [-0.3, -0.25) is 0 Å². The fraction of sp³-hybridized carbons (Fsp3) is 0.0833. The standard InChI is InChI=1S/C24H17Cl2NO4/c1-29-23-13-16(12-18(14-27)17-3-5-19(25)6-4-17)2-11-22(23)31-24(28)15-30-21-9-7-20(26)8-10-21/h2-13H,15H2,1H3. The first-order chi connectivity index (χ1) is 15.0. The summed E-state index contributed by atoms with van der Waals surface area (Å²) in [4.78, 5) is 12.1. The molecule has 0 saturated carbocycles. The number of hydrogen-bond acceptors (Lipinski definition) is 5. The molecule has 0 radical (unpaired) electrons. The van der Waals surface area contributed by atoms with E-state index in [1.165, 1.54) is 7.11 Å². The van der Waals surface area contributed by atoms with Gasteiger partial charge in [0.2, 0.25) is 0 Å². The molecule has 0 unspecified atom stereocenters. The van der Waals surface area contributed by atoms with Gasteiger partial charge >= 0.3 is 5.97 Å². The molecule has 0 saturated heterocycles. The van der Waals surface area contributed by atoms with Crippen molar-refractivity contribution < 1.29 is 19.0 Å². The molecule has 3 rings (SSSR count). The lowest BCUT2D eigenvalue weighted by Crippen LogP contribution is -2.18. The van der Waals surface area contributed by atoms with Crippen LogP contribution in [0.5, 0.6) is 17.2 Å². The molecule has 0 heterocycles. The molecule has 0 aliphatic heterocycles. The first-order valence-electron chi connectivity index (χ1n) is 9.13. The summed E-state index contributed by atoms with van der Waals surface area (Å²) >= 11 is 11.7. The number of hydrogen-bond donors (Lipinski definition) is 0. The lowest BCUT2D eigenvalue weighted by molar-refractivity contribution is -0.136. The van der Waals surface area contributed by atoms with E-state index in [9.17, 15) is 10.1 Å². The highest BCUT2D eigenvalue weighted by Crippen LogP contribution is 2.30. The van der Waals surface area contributed by atoms with Gasteiger partial charge in [0.1, 0.15) is 5.75 Å². The number of methoxy groups -OCH3 is 1. The summed E-state index contributed by atoms with van der Waals surface area (Å²) < 4.78 is 16.1. The second-order valence-corrected chi connectivity index (χ2v) is 7.18. The van der Waals surface area contributed by atoms with Crippen molar-refractivity contribution in [3.8, 4) is 23.3 Å². The van der Waals surface area contributed by atoms with E-state index in [2.05, 4.69) is 6.07 Å². The molecule has 0 aliphatic carbocycles. The topological polar surface area (TPSA) is 68.5 Å². The van der Waals surface area contributed by atoms with E-state index in [1.807, 2.05) is 0 Å². The van der Waals surface area contributed by atoms with Crippen LogP contribution in [-0.2, 0) is 4.79 Å². The highest BCUT2D eigenvalue weighted by Gasteiger charge is 2.12. The van der Waals surface area contributed by atoms with Crippen molar-refractivity contribution in [3.05, 3.63) is 87.9 Å². The summed E-state index contributed by atoms with van der Waals surface area (Å²) in [6.45, 7) is -0.276. The zero-order valence-corrected chi connectivity index (χ0v) is 18.0. The van der Waals surface area contributed by atoms with E-state index < -0.39 is 5.97 Å². The number of halogens is 2. The maximum absolute atomic E-state index is 12.1. The van der Waals surface area contributed by atoms with Gasteiger partial charge < -0.3 is 14.2 Å². The van der Waals surface area contributed by atoms with Gasteiger partial charge in [-0.15, -0.1) is 0 Å². The van der Waals surface area contributed by atoms with Gasteiger partial charge in [-0.1, -0.05) is 41.4 Å². The number of nitrogens with zero attached hydrogens (tertiary/aromatic N) is 1. The number of esters is 1. The minimum atomic E-state index is -0.588. The summed E-state index contributed by atoms with van der Waals surface area (Å²) in [5.74, 6) is 0.506. The lowest BCUT2D eigenvalue weighted by atomic mass is 10.0. The molecule has 0 bridgehead atoms. The van der Waals surface area contributed by atoms with E-state index in [0.29, 0.717) is 32.7 Å². The van der Waals surface area contributed by atoms with Crippen molar-refractivity contribution >= 4 is 40.8 Å². The highest BCUT2D eigenvalue weighted by molar-refractivity contribution is 6.30. The molecular weight excluding hydrogens is 437 g/mol. The number of nitriles is 1. The maximum atomic E-state index is 12.1. The van der Waals surface area contributed by atoms with Crippen molar-refractivity contribution in [1.29, 1.82) is 5.26 Å². The zero-order valence-electron chi connectivity index (χ0n) is 16.5. The molecule has 7 heteroatoms. The molecule has 0 spiro atoms. The summed E-state index contributed by atoms with van der Waals surface area (Å²) in [6, 6.07) is 20.8. The number of carbonyl (C=O) groups excluding carboxylic acids is 1. The van der Waals surface area contributed by atoms with Crippen LogP contribution < -0.4 is 14.2 Å². The predicted molar refractivity (Wildman–Crippen MR) is 121 cm³/mol. The Balaban J connectivity index is 1.71. The highest BCUT2D eigenvalue weighted by atomic mass is 35.5. The molecule has 31 heavy (non-hydrogen) atoms. The Morgan fingerprint density at radius 2 is 1.61 bits per heavy atom.